The van der Waals surface area contributed by atoms with Crippen molar-refractivity contribution in [2.24, 2.45) is 5.73 Å². The largest absolute Gasteiger partial charge is 0.378 e. The molecule has 1 fully saturated rings. The quantitative estimate of drug-likeness (QED) is 0.856. The summed E-state index contributed by atoms with van der Waals surface area (Å²) in [6.07, 6.45) is 0. The van der Waals surface area contributed by atoms with E-state index in [-0.39, 0.29) is 12.5 Å². The predicted octanol–water partition coefficient (Wildman–Crippen LogP) is 0.440. The molecule has 0 radical (unpaired) electrons. The smallest absolute Gasteiger partial charge is 0.236 e. The Morgan fingerprint density at radius 3 is 2.53 bits per heavy atom. The van der Waals surface area contributed by atoms with Gasteiger partial charge in [0.05, 0.1) is 19.8 Å². The van der Waals surface area contributed by atoms with Gasteiger partial charge in [-0.05, 0) is 17.7 Å². The Bertz CT molecular complexity index is 413. The van der Waals surface area contributed by atoms with Gasteiger partial charge in [-0.1, -0.05) is 12.1 Å². The lowest BCUT2D eigenvalue weighted by atomic mass is 10.1. The standard InChI is InChI=1S/C14H21N3O2/c1-16(14(18)10-15)11-12-2-4-13(5-3-12)17-6-8-19-9-7-17/h2-5H,6-11,15H2,1H3. The van der Waals surface area contributed by atoms with Gasteiger partial charge in [0.2, 0.25) is 5.91 Å². The second-order valence-corrected chi connectivity index (χ2v) is 4.72. The van der Waals surface area contributed by atoms with Gasteiger partial charge in [-0.2, -0.15) is 0 Å². The summed E-state index contributed by atoms with van der Waals surface area (Å²) in [6.45, 7) is 4.10. The van der Waals surface area contributed by atoms with E-state index in [1.165, 1.54) is 5.69 Å². The third-order valence-electron chi connectivity index (χ3n) is 3.33. The van der Waals surface area contributed by atoms with Gasteiger partial charge in [0.25, 0.3) is 0 Å². The molecule has 1 heterocycles. The van der Waals surface area contributed by atoms with E-state index < -0.39 is 0 Å². The molecule has 1 aliphatic heterocycles. The number of hydrogen-bond donors (Lipinski definition) is 1. The average molecular weight is 263 g/mol. The van der Waals surface area contributed by atoms with Crippen molar-refractivity contribution in [3.8, 4) is 0 Å². The lowest BCUT2D eigenvalue weighted by molar-refractivity contribution is -0.128. The molecule has 0 atom stereocenters. The Kier molecular flexibility index (Phi) is 4.76. The molecule has 1 saturated heterocycles. The molecule has 1 aromatic rings. The number of anilines is 1. The number of ether oxygens (including phenoxy) is 1. The van der Waals surface area contributed by atoms with Gasteiger partial charge in [0, 0.05) is 32.4 Å². The van der Waals surface area contributed by atoms with Gasteiger partial charge in [0.1, 0.15) is 0 Å². The molecule has 1 aliphatic rings. The number of rotatable bonds is 4. The maximum atomic E-state index is 11.4. The molecular formula is C14H21N3O2. The average Bonchev–Trinajstić information content (AvgIpc) is 2.48. The van der Waals surface area contributed by atoms with Crippen LogP contribution < -0.4 is 10.6 Å². The van der Waals surface area contributed by atoms with E-state index in [0.29, 0.717) is 6.54 Å². The summed E-state index contributed by atoms with van der Waals surface area (Å²) >= 11 is 0. The number of benzene rings is 1. The van der Waals surface area contributed by atoms with Crippen molar-refractivity contribution in [3.63, 3.8) is 0 Å². The van der Waals surface area contributed by atoms with Crippen LogP contribution in [0.3, 0.4) is 0 Å². The molecule has 0 spiro atoms. The lowest BCUT2D eigenvalue weighted by Gasteiger charge is -2.29. The third kappa shape index (κ3) is 3.68. The molecule has 104 valence electrons. The molecule has 0 aliphatic carbocycles. The molecule has 2 rings (SSSR count). The number of nitrogens with zero attached hydrogens (tertiary/aromatic N) is 2. The molecule has 0 saturated carbocycles. The fourth-order valence-corrected chi connectivity index (χ4v) is 2.15. The number of carbonyl (C=O) groups excluding carboxylic acids is 1. The number of hydrogen-bond acceptors (Lipinski definition) is 4. The van der Waals surface area contributed by atoms with Crippen molar-refractivity contribution >= 4 is 11.6 Å². The Labute approximate surface area is 113 Å². The van der Waals surface area contributed by atoms with Crippen molar-refractivity contribution in [1.29, 1.82) is 0 Å². The molecule has 0 aromatic heterocycles. The van der Waals surface area contributed by atoms with E-state index in [0.717, 1.165) is 31.9 Å². The minimum Gasteiger partial charge on any atom is -0.378 e. The molecule has 2 N–H and O–H groups in total. The third-order valence-corrected chi connectivity index (χ3v) is 3.33. The topological polar surface area (TPSA) is 58.8 Å². The molecular weight excluding hydrogens is 242 g/mol. The Morgan fingerprint density at radius 1 is 1.32 bits per heavy atom. The maximum Gasteiger partial charge on any atom is 0.236 e. The Hall–Kier alpha value is -1.59. The molecule has 5 heteroatoms. The summed E-state index contributed by atoms with van der Waals surface area (Å²) in [5, 5.41) is 0. The summed E-state index contributed by atoms with van der Waals surface area (Å²) in [6, 6.07) is 8.32. The fraction of sp³-hybridized carbons (Fsp3) is 0.500. The summed E-state index contributed by atoms with van der Waals surface area (Å²) in [7, 11) is 1.77. The second-order valence-electron chi connectivity index (χ2n) is 4.72. The van der Waals surface area contributed by atoms with E-state index in [1.54, 1.807) is 11.9 Å². The van der Waals surface area contributed by atoms with Gasteiger partial charge < -0.3 is 20.3 Å². The highest BCUT2D eigenvalue weighted by molar-refractivity contribution is 5.77. The predicted molar refractivity (Wildman–Crippen MR) is 75.0 cm³/mol. The van der Waals surface area contributed by atoms with Crippen LogP contribution in [-0.4, -0.2) is 50.7 Å². The normalized spacial score (nSPS) is 15.4. The molecule has 1 amide bonds. The summed E-state index contributed by atoms with van der Waals surface area (Å²) in [4.78, 5) is 15.4. The highest BCUT2D eigenvalue weighted by Crippen LogP contribution is 2.17. The number of amides is 1. The zero-order chi connectivity index (χ0) is 13.7. The van der Waals surface area contributed by atoms with Gasteiger partial charge >= 0.3 is 0 Å². The van der Waals surface area contributed by atoms with E-state index >= 15 is 0 Å². The summed E-state index contributed by atoms with van der Waals surface area (Å²) in [5.41, 5.74) is 7.66. The van der Waals surface area contributed by atoms with E-state index in [4.69, 9.17) is 10.5 Å². The van der Waals surface area contributed by atoms with Crippen LogP contribution >= 0.6 is 0 Å². The monoisotopic (exact) mass is 263 g/mol. The molecule has 1 aromatic carbocycles. The highest BCUT2D eigenvalue weighted by Gasteiger charge is 2.11. The highest BCUT2D eigenvalue weighted by atomic mass is 16.5. The van der Waals surface area contributed by atoms with Gasteiger partial charge in [0.15, 0.2) is 0 Å². The van der Waals surface area contributed by atoms with Gasteiger partial charge in [-0.3, -0.25) is 4.79 Å². The minimum absolute atomic E-state index is 0.0442. The van der Waals surface area contributed by atoms with E-state index in [9.17, 15) is 4.79 Å². The Balaban J connectivity index is 1.96. The number of carbonyl (C=O) groups is 1. The summed E-state index contributed by atoms with van der Waals surface area (Å²) < 4.78 is 5.34. The van der Waals surface area contributed by atoms with Crippen LogP contribution in [0.2, 0.25) is 0 Å². The van der Waals surface area contributed by atoms with Crippen LogP contribution in [0.15, 0.2) is 24.3 Å². The first-order chi connectivity index (χ1) is 9.20. The lowest BCUT2D eigenvalue weighted by Crippen LogP contribution is -2.36. The minimum atomic E-state index is -0.0442. The van der Waals surface area contributed by atoms with Crippen molar-refractivity contribution in [3.05, 3.63) is 29.8 Å². The van der Waals surface area contributed by atoms with Crippen LogP contribution in [-0.2, 0) is 16.1 Å². The molecule has 0 bridgehead atoms. The van der Waals surface area contributed by atoms with Crippen LogP contribution in [0.4, 0.5) is 5.69 Å². The fourth-order valence-electron chi connectivity index (χ4n) is 2.15. The van der Waals surface area contributed by atoms with Gasteiger partial charge in [-0.15, -0.1) is 0 Å². The zero-order valence-corrected chi connectivity index (χ0v) is 11.3. The first kappa shape index (κ1) is 13.8. The first-order valence-corrected chi connectivity index (χ1v) is 6.56. The van der Waals surface area contributed by atoms with E-state index in [1.807, 2.05) is 0 Å². The van der Waals surface area contributed by atoms with Crippen LogP contribution in [0.25, 0.3) is 0 Å². The van der Waals surface area contributed by atoms with Gasteiger partial charge in [-0.25, -0.2) is 0 Å². The molecule has 0 unspecified atom stereocenters. The van der Waals surface area contributed by atoms with Crippen LogP contribution in [0.5, 0.6) is 0 Å². The number of nitrogens with two attached hydrogens (primary N) is 1. The number of likely N-dealkylation sites (N-methyl/N-ethyl adjacent to an activating group) is 1. The van der Waals surface area contributed by atoms with Crippen molar-refractivity contribution in [2.45, 2.75) is 6.54 Å². The number of morpholine rings is 1. The Morgan fingerprint density at radius 2 is 1.95 bits per heavy atom. The summed E-state index contributed by atoms with van der Waals surface area (Å²) in [5.74, 6) is -0.0442. The van der Waals surface area contributed by atoms with Crippen molar-refractivity contribution < 1.29 is 9.53 Å². The zero-order valence-electron chi connectivity index (χ0n) is 11.3. The van der Waals surface area contributed by atoms with Crippen LogP contribution in [0.1, 0.15) is 5.56 Å². The van der Waals surface area contributed by atoms with Crippen LogP contribution in [0, 0.1) is 0 Å². The SMILES string of the molecule is CN(Cc1ccc(N2CCOCC2)cc1)C(=O)CN. The maximum absolute atomic E-state index is 11.4. The van der Waals surface area contributed by atoms with Crippen molar-refractivity contribution in [2.75, 3.05) is 44.8 Å². The molecule has 19 heavy (non-hydrogen) atoms. The van der Waals surface area contributed by atoms with Crippen molar-refractivity contribution in [1.82, 2.24) is 4.90 Å². The molecule has 5 nitrogen and oxygen atoms in total. The van der Waals surface area contributed by atoms with E-state index in [2.05, 4.69) is 29.2 Å². The second kappa shape index (κ2) is 6.54. The first-order valence-electron chi connectivity index (χ1n) is 6.56.